The van der Waals surface area contributed by atoms with Gasteiger partial charge in [0.1, 0.15) is 6.61 Å². The molecule has 2 rings (SSSR count). The minimum absolute atomic E-state index is 0.279. The Bertz CT molecular complexity index is 351. The minimum Gasteiger partial charge on any atom is -0.377 e. The summed E-state index contributed by atoms with van der Waals surface area (Å²) in [5, 5.41) is 4.04. The smallest absolute Gasteiger partial charge is 0.162 e. The van der Waals surface area contributed by atoms with E-state index in [1.807, 2.05) is 6.07 Å². The van der Waals surface area contributed by atoms with E-state index in [9.17, 15) is 0 Å². The third-order valence-corrected chi connectivity index (χ3v) is 3.33. The van der Waals surface area contributed by atoms with Gasteiger partial charge < -0.3 is 15.0 Å². The number of hydrogen-bond acceptors (Lipinski definition) is 5. The Morgan fingerprint density at radius 3 is 3.18 bits per heavy atom. The van der Waals surface area contributed by atoms with Crippen molar-refractivity contribution in [1.29, 1.82) is 0 Å². The van der Waals surface area contributed by atoms with Crippen molar-refractivity contribution in [1.82, 2.24) is 10.1 Å². The lowest BCUT2D eigenvalue weighted by Crippen LogP contribution is -2.29. The number of likely N-dealkylation sites (tertiary alicyclic amines) is 1. The van der Waals surface area contributed by atoms with Crippen LogP contribution in [0.5, 0.6) is 0 Å². The Morgan fingerprint density at radius 2 is 2.53 bits per heavy atom. The normalized spacial score (nSPS) is 23.1. The highest BCUT2D eigenvalue weighted by Crippen LogP contribution is 2.20. The van der Waals surface area contributed by atoms with Crippen molar-refractivity contribution in [2.24, 2.45) is 11.7 Å². The number of nitrogens with zero attached hydrogens (tertiary/aromatic N) is 2. The van der Waals surface area contributed by atoms with Crippen molar-refractivity contribution in [3.05, 3.63) is 17.5 Å². The lowest BCUT2D eigenvalue weighted by Gasteiger charge is -2.16. The van der Waals surface area contributed by atoms with Crippen LogP contribution in [0.3, 0.4) is 0 Å². The lowest BCUT2D eigenvalue weighted by atomic mass is 10.0. The molecule has 1 aromatic rings. The van der Waals surface area contributed by atoms with Crippen LogP contribution in [0.4, 0.5) is 0 Å². The molecule has 1 aliphatic heterocycles. The molecule has 0 spiro atoms. The molecule has 5 nitrogen and oxygen atoms in total. The quantitative estimate of drug-likeness (QED) is 0.830. The van der Waals surface area contributed by atoms with Crippen LogP contribution >= 0.6 is 0 Å². The standard InChI is InChI=1S/C12H21N3O2/c1-9(13)10-3-4-15(6-10)7-11-5-12(8-16-2)17-14-11/h5,9-10H,3-4,6-8,13H2,1-2H3. The molecule has 0 bridgehead atoms. The van der Waals surface area contributed by atoms with Crippen LogP contribution in [0.2, 0.25) is 0 Å². The highest BCUT2D eigenvalue weighted by Gasteiger charge is 2.25. The molecule has 0 radical (unpaired) electrons. The highest BCUT2D eigenvalue weighted by molar-refractivity contribution is 5.05. The van der Waals surface area contributed by atoms with Gasteiger partial charge in [-0.25, -0.2) is 0 Å². The predicted molar refractivity (Wildman–Crippen MR) is 64.2 cm³/mol. The van der Waals surface area contributed by atoms with Gasteiger partial charge in [-0.1, -0.05) is 5.16 Å². The van der Waals surface area contributed by atoms with E-state index in [0.29, 0.717) is 12.5 Å². The molecule has 1 saturated heterocycles. The summed E-state index contributed by atoms with van der Waals surface area (Å²) in [4.78, 5) is 2.38. The van der Waals surface area contributed by atoms with E-state index in [4.69, 9.17) is 15.0 Å². The molecular weight excluding hydrogens is 218 g/mol. The molecule has 5 heteroatoms. The van der Waals surface area contributed by atoms with Crippen LogP contribution in [0.25, 0.3) is 0 Å². The van der Waals surface area contributed by atoms with E-state index in [1.54, 1.807) is 7.11 Å². The maximum Gasteiger partial charge on any atom is 0.162 e. The second kappa shape index (κ2) is 5.62. The fraction of sp³-hybridized carbons (Fsp3) is 0.750. The largest absolute Gasteiger partial charge is 0.377 e. The van der Waals surface area contributed by atoms with Crippen LogP contribution in [0.15, 0.2) is 10.6 Å². The van der Waals surface area contributed by atoms with E-state index in [0.717, 1.165) is 31.1 Å². The second-order valence-electron chi connectivity index (χ2n) is 4.86. The molecule has 0 aromatic carbocycles. The first-order valence-electron chi connectivity index (χ1n) is 6.10. The molecule has 0 amide bonds. The van der Waals surface area contributed by atoms with Crippen molar-refractivity contribution in [2.45, 2.75) is 32.5 Å². The number of rotatable bonds is 5. The van der Waals surface area contributed by atoms with Gasteiger partial charge in [-0.15, -0.1) is 0 Å². The lowest BCUT2D eigenvalue weighted by molar-refractivity contribution is 0.155. The number of aromatic nitrogens is 1. The maximum absolute atomic E-state index is 5.92. The summed E-state index contributed by atoms with van der Waals surface area (Å²) < 4.78 is 10.2. The van der Waals surface area contributed by atoms with Gasteiger partial charge in [0, 0.05) is 32.3 Å². The summed E-state index contributed by atoms with van der Waals surface area (Å²) in [6, 6.07) is 2.24. The van der Waals surface area contributed by atoms with Gasteiger partial charge in [-0.2, -0.15) is 0 Å². The Labute approximate surface area is 102 Å². The van der Waals surface area contributed by atoms with E-state index < -0.39 is 0 Å². The first-order valence-corrected chi connectivity index (χ1v) is 6.10. The molecule has 2 unspecified atom stereocenters. The number of ether oxygens (including phenoxy) is 1. The number of methoxy groups -OCH3 is 1. The highest BCUT2D eigenvalue weighted by atomic mass is 16.5. The SMILES string of the molecule is COCc1cc(CN2CCC(C(C)N)C2)no1. The second-order valence-corrected chi connectivity index (χ2v) is 4.86. The minimum atomic E-state index is 0.279. The van der Waals surface area contributed by atoms with E-state index in [-0.39, 0.29) is 6.04 Å². The zero-order chi connectivity index (χ0) is 12.3. The molecule has 1 aromatic heterocycles. The monoisotopic (exact) mass is 239 g/mol. The van der Waals surface area contributed by atoms with E-state index >= 15 is 0 Å². The summed E-state index contributed by atoms with van der Waals surface area (Å²) in [5.74, 6) is 1.39. The third-order valence-electron chi connectivity index (χ3n) is 3.33. The van der Waals surface area contributed by atoms with E-state index in [2.05, 4.69) is 17.0 Å². The van der Waals surface area contributed by atoms with Gasteiger partial charge in [0.25, 0.3) is 0 Å². The molecule has 1 aliphatic rings. The van der Waals surface area contributed by atoms with Crippen molar-refractivity contribution in [3.8, 4) is 0 Å². The topological polar surface area (TPSA) is 64.5 Å². The summed E-state index contributed by atoms with van der Waals surface area (Å²) in [7, 11) is 1.65. The van der Waals surface area contributed by atoms with Gasteiger partial charge in [-0.05, 0) is 25.8 Å². The van der Waals surface area contributed by atoms with Gasteiger partial charge in [0.05, 0.1) is 5.69 Å². The summed E-state index contributed by atoms with van der Waals surface area (Å²) >= 11 is 0. The molecule has 2 N–H and O–H groups in total. The fourth-order valence-corrected chi connectivity index (χ4v) is 2.31. The van der Waals surface area contributed by atoms with Crippen molar-refractivity contribution in [3.63, 3.8) is 0 Å². The summed E-state index contributed by atoms with van der Waals surface area (Å²) in [6.45, 7) is 5.57. The zero-order valence-corrected chi connectivity index (χ0v) is 10.6. The Hall–Kier alpha value is -0.910. The summed E-state index contributed by atoms with van der Waals surface area (Å²) in [5.41, 5.74) is 6.89. The van der Waals surface area contributed by atoms with Gasteiger partial charge in [0.15, 0.2) is 5.76 Å². The predicted octanol–water partition coefficient (Wildman–Crippen LogP) is 0.990. The average molecular weight is 239 g/mol. The molecular formula is C12H21N3O2. The van der Waals surface area contributed by atoms with Gasteiger partial charge >= 0.3 is 0 Å². The van der Waals surface area contributed by atoms with Crippen LogP contribution < -0.4 is 5.73 Å². The Balaban J connectivity index is 1.84. The van der Waals surface area contributed by atoms with Crippen LogP contribution in [0, 0.1) is 5.92 Å². The Kier molecular flexibility index (Phi) is 4.15. The van der Waals surface area contributed by atoms with Gasteiger partial charge in [0.2, 0.25) is 0 Å². The van der Waals surface area contributed by atoms with Crippen molar-refractivity contribution >= 4 is 0 Å². The van der Waals surface area contributed by atoms with E-state index in [1.165, 1.54) is 6.42 Å². The molecule has 1 fully saturated rings. The molecule has 2 atom stereocenters. The first kappa shape index (κ1) is 12.5. The fourth-order valence-electron chi connectivity index (χ4n) is 2.31. The maximum atomic E-state index is 5.92. The number of hydrogen-bond donors (Lipinski definition) is 1. The summed E-state index contributed by atoms with van der Waals surface area (Å²) in [6.07, 6.45) is 1.18. The molecule has 17 heavy (non-hydrogen) atoms. The van der Waals surface area contributed by atoms with Crippen LogP contribution in [0.1, 0.15) is 24.8 Å². The van der Waals surface area contributed by atoms with Crippen LogP contribution in [-0.2, 0) is 17.9 Å². The number of nitrogens with two attached hydrogens (primary N) is 1. The molecule has 0 saturated carbocycles. The average Bonchev–Trinajstić information content (AvgIpc) is 2.89. The van der Waals surface area contributed by atoms with Gasteiger partial charge in [-0.3, -0.25) is 4.90 Å². The van der Waals surface area contributed by atoms with Crippen LogP contribution in [-0.4, -0.2) is 36.3 Å². The molecule has 0 aliphatic carbocycles. The zero-order valence-electron chi connectivity index (χ0n) is 10.6. The first-order chi connectivity index (χ1) is 8.19. The third kappa shape index (κ3) is 3.28. The van der Waals surface area contributed by atoms with Crippen molar-refractivity contribution in [2.75, 3.05) is 20.2 Å². The van der Waals surface area contributed by atoms with Crippen molar-refractivity contribution < 1.29 is 9.26 Å². The Morgan fingerprint density at radius 1 is 1.71 bits per heavy atom. The molecule has 96 valence electrons. The molecule has 2 heterocycles.